The number of rotatable bonds is 11. The van der Waals surface area contributed by atoms with E-state index in [2.05, 4.69) is 5.32 Å². The van der Waals surface area contributed by atoms with Crippen LogP contribution in [-0.4, -0.2) is 132 Å². The first-order chi connectivity index (χ1) is 17.7. The Kier molecular flexibility index (Phi) is 11.5. The molecule has 0 aromatic heterocycles. The SMILES string of the molecule is CC(C)(C)/[N+]([O-])=C/c1ccc(CNC(=O)[C@H](O)[C@@H](O)C(O[C@@H]2O[C@@H](CO)[C@H](O)[C@H](O)[C@@H]2O)[C@H](O)CO)cc1. The zero-order valence-electron chi connectivity index (χ0n) is 21.4. The second-order valence-corrected chi connectivity index (χ2v) is 10.1. The topological polar surface area (TPSA) is 235 Å². The fraction of sp³-hybridized carbons (Fsp3) is 0.667. The Morgan fingerprint density at radius 3 is 2.24 bits per heavy atom. The second-order valence-electron chi connectivity index (χ2n) is 10.1. The minimum Gasteiger partial charge on any atom is -0.623 e. The van der Waals surface area contributed by atoms with Crippen LogP contribution in [0.15, 0.2) is 24.3 Å². The molecule has 0 aliphatic carbocycles. The Balaban J connectivity index is 2.04. The molecule has 0 bridgehead atoms. The van der Waals surface area contributed by atoms with Crippen LogP contribution in [0.25, 0.3) is 0 Å². The number of hydrogen-bond donors (Lipinski definition) is 9. The first-order valence-electron chi connectivity index (χ1n) is 12.0. The van der Waals surface area contributed by atoms with E-state index in [0.717, 1.165) is 4.74 Å². The number of carbonyl (C=O) groups is 1. The van der Waals surface area contributed by atoms with Gasteiger partial charge in [-0.3, -0.25) is 4.79 Å². The van der Waals surface area contributed by atoms with Crippen molar-refractivity contribution in [3.63, 3.8) is 0 Å². The van der Waals surface area contributed by atoms with E-state index in [1.807, 2.05) is 0 Å². The van der Waals surface area contributed by atoms with Gasteiger partial charge in [0.1, 0.15) is 42.7 Å². The number of hydroxylamine groups is 1. The molecule has 1 unspecified atom stereocenters. The van der Waals surface area contributed by atoms with Crippen LogP contribution in [0.1, 0.15) is 31.9 Å². The molecule has 38 heavy (non-hydrogen) atoms. The van der Waals surface area contributed by atoms with Gasteiger partial charge in [-0.05, 0) is 17.7 Å². The maximum absolute atomic E-state index is 12.5. The third kappa shape index (κ3) is 8.13. The fourth-order valence-corrected chi connectivity index (χ4v) is 3.52. The zero-order chi connectivity index (χ0) is 28.8. The molecule has 14 nitrogen and oxygen atoms in total. The van der Waals surface area contributed by atoms with Crippen LogP contribution in [0.2, 0.25) is 0 Å². The largest absolute Gasteiger partial charge is 0.623 e. The average molecular weight is 547 g/mol. The normalized spacial score (nSPS) is 27.9. The summed E-state index contributed by atoms with van der Waals surface area (Å²) in [7, 11) is 0. The van der Waals surface area contributed by atoms with Crippen LogP contribution in [0, 0.1) is 5.21 Å². The molecule has 9 N–H and O–H groups in total. The Bertz CT molecular complexity index is 920. The molecule has 0 saturated carbocycles. The quantitative estimate of drug-likeness (QED) is 0.0564. The summed E-state index contributed by atoms with van der Waals surface area (Å²) in [6, 6.07) is 6.61. The van der Waals surface area contributed by atoms with E-state index in [-0.39, 0.29) is 6.54 Å². The lowest BCUT2D eigenvalue weighted by atomic mass is 9.98. The summed E-state index contributed by atoms with van der Waals surface area (Å²) in [6.45, 7) is 3.48. The number of nitrogens with zero attached hydrogens (tertiary/aromatic N) is 1. The lowest BCUT2D eigenvalue weighted by molar-refractivity contribution is -0.530. The van der Waals surface area contributed by atoms with Crippen molar-refractivity contribution in [2.24, 2.45) is 0 Å². The molecule has 1 saturated heterocycles. The molecule has 1 amide bonds. The summed E-state index contributed by atoms with van der Waals surface area (Å²) < 4.78 is 11.3. The van der Waals surface area contributed by atoms with Crippen molar-refractivity contribution in [1.29, 1.82) is 0 Å². The molecule has 14 heteroatoms. The number of amides is 1. The molecule has 1 aliphatic rings. The van der Waals surface area contributed by atoms with E-state index in [1.54, 1.807) is 45.0 Å². The molecule has 0 spiro atoms. The summed E-state index contributed by atoms with van der Waals surface area (Å²) in [6.07, 6.45) is -15.2. The van der Waals surface area contributed by atoms with Gasteiger partial charge in [0.25, 0.3) is 5.91 Å². The standard InChI is InChI=1S/C24H38N2O12/c1-24(2,3)26(36)9-13-6-4-12(5-7-13)8-25-22(35)19(33)18(32)21(14(29)10-27)38-23-20(34)17(31)16(30)15(11-28)37-23/h4-7,9,14-21,23,27-34H,8,10-11H2,1-3H3,(H,25,35)/b26-9-/t14-,15+,16+,17+,18-,19-,20+,21?,23+/m1/s1. The second kappa shape index (κ2) is 13.7. The Morgan fingerprint density at radius 1 is 1.11 bits per heavy atom. The number of carbonyl (C=O) groups excluding carboxylic acids is 1. The number of benzene rings is 1. The maximum Gasteiger partial charge on any atom is 0.251 e. The van der Waals surface area contributed by atoms with Crippen LogP contribution in [-0.2, 0) is 20.8 Å². The van der Waals surface area contributed by atoms with Crippen LogP contribution in [0.4, 0.5) is 0 Å². The highest BCUT2D eigenvalue weighted by molar-refractivity contribution is 5.81. The molecule has 1 aliphatic heterocycles. The van der Waals surface area contributed by atoms with Gasteiger partial charge in [0.2, 0.25) is 0 Å². The van der Waals surface area contributed by atoms with Gasteiger partial charge in [-0.2, -0.15) is 0 Å². The molecular weight excluding hydrogens is 508 g/mol. The molecule has 9 atom stereocenters. The van der Waals surface area contributed by atoms with Crippen LogP contribution in [0.3, 0.4) is 0 Å². The molecule has 0 radical (unpaired) electrons. The van der Waals surface area contributed by atoms with Gasteiger partial charge in [-0.15, -0.1) is 0 Å². The average Bonchev–Trinajstić information content (AvgIpc) is 2.89. The lowest BCUT2D eigenvalue weighted by Gasteiger charge is -2.42. The Hall–Kier alpha value is -2.24. The van der Waals surface area contributed by atoms with Gasteiger partial charge in [-0.25, -0.2) is 4.74 Å². The monoisotopic (exact) mass is 546 g/mol. The number of aliphatic hydroxyl groups excluding tert-OH is 8. The Labute approximate surface area is 219 Å². The molecule has 216 valence electrons. The van der Waals surface area contributed by atoms with Crippen LogP contribution in [0.5, 0.6) is 0 Å². The highest BCUT2D eigenvalue weighted by Gasteiger charge is 2.47. The zero-order valence-corrected chi connectivity index (χ0v) is 21.4. The van der Waals surface area contributed by atoms with Gasteiger partial charge < -0.3 is 60.8 Å². The van der Waals surface area contributed by atoms with Gasteiger partial charge in [-0.1, -0.05) is 12.1 Å². The summed E-state index contributed by atoms with van der Waals surface area (Å²) >= 11 is 0. The van der Waals surface area contributed by atoms with E-state index in [4.69, 9.17) is 9.47 Å². The smallest absolute Gasteiger partial charge is 0.251 e. The number of aliphatic hydroxyl groups is 8. The maximum atomic E-state index is 12.5. The van der Waals surface area contributed by atoms with Gasteiger partial charge in [0, 0.05) is 32.9 Å². The minimum atomic E-state index is -2.17. The van der Waals surface area contributed by atoms with E-state index >= 15 is 0 Å². The summed E-state index contributed by atoms with van der Waals surface area (Å²) in [4.78, 5) is 12.5. The molecule has 1 fully saturated rings. The van der Waals surface area contributed by atoms with Crippen molar-refractivity contribution in [3.8, 4) is 0 Å². The van der Waals surface area contributed by atoms with Gasteiger partial charge in [0.15, 0.2) is 24.1 Å². The highest BCUT2D eigenvalue weighted by atomic mass is 16.7. The number of nitrogens with one attached hydrogen (secondary N) is 1. The third-order valence-electron chi connectivity index (χ3n) is 6.01. The number of ether oxygens (including phenoxy) is 2. The third-order valence-corrected chi connectivity index (χ3v) is 6.01. The molecule has 1 aromatic carbocycles. The minimum absolute atomic E-state index is 0.0654. The summed E-state index contributed by atoms with van der Waals surface area (Å²) in [5.74, 6) is -1.06. The van der Waals surface area contributed by atoms with Crippen molar-refractivity contribution < 1.29 is 59.9 Å². The van der Waals surface area contributed by atoms with Crippen LogP contribution < -0.4 is 5.32 Å². The van der Waals surface area contributed by atoms with Crippen molar-refractivity contribution in [3.05, 3.63) is 40.6 Å². The van der Waals surface area contributed by atoms with Crippen molar-refractivity contribution in [2.75, 3.05) is 13.2 Å². The highest BCUT2D eigenvalue weighted by Crippen LogP contribution is 2.25. The van der Waals surface area contributed by atoms with Crippen molar-refractivity contribution in [1.82, 2.24) is 5.32 Å². The predicted molar refractivity (Wildman–Crippen MR) is 131 cm³/mol. The lowest BCUT2D eigenvalue weighted by Crippen LogP contribution is -2.62. The molecule has 1 aromatic rings. The van der Waals surface area contributed by atoms with Gasteiger partial charge >= 0.3 is 0 Å². The molecule has 1 heterocycles. The van der Waals surface area contributed by atoms with Crippen LogP contribution >= 0.6 is 0 Å². The Morgan fingerprint density at radius 2 is 1.71 bits per heavy atom. The summed E-state index contributed by atoms with van der Waals surface area (Å²) in [5, 5.41) is 94.1. The van der Waals surface area contributed by atoms with Crippen molar-refractivity contribution in [2.45, 2.75) is 88.0 Å². The molecular formula is C24H38N2O12. The molecule has 2 rings (SSSR count). The van der Waals surface area contributed by atoms with E-state index < -0.39 is 79.8 Å². The first kappa shape index (κ1) is 32.0. The van der Waals surface area contributed by atoms with E-state index in [1.165, 1.54) is 6.21 Å². The number of hydrogen-bond acceptors (Lipinski definition) is 12. The predicted octanol–water partition coefficient (Wildman–Crippen LogP) is -3.71. The fourth-order valence-electron chi connectivity index (χ4n) is 3.52. The van der Waals surface area contributed by atoms with E-state index in [0.29, 0.717) is 11.1 Å². The van der Waals surface area contributed by atoms with Gasteiger partial charge in [0.05, 0.1) is 13.2 Å². The summed E-state index contributed by atoms with van der Waals surface area (Å²) in [5.41, 5.74) is 0.624. The van der Waals surface area contributed by atoms with E-state index in [9.17, 15) is 50.9 Å². The van der Waals surface area contributed by atoms with Crippen molar-refractivity contribution >= 4 is 12.1 Å². The first-order valence-corrected chi connectivity index (χ1v) is 12.0.